The summed E-state index contributed by atoms with van der Waals surface area (Å²) in [5.74, 6) is 0. The van der Waals surface area contributed by atoms with E-state index in [1.54, 1.807) is 0 Å². The van der Waals surface area contributed by atoms with Crippen LogP contribution >= 0.6 is 0 Å². The molecule has 4 nitrogen and oxygen atoms in total. The fourth-order valence-corrected chi connectivity index (χ4v) is 1.65. The van der Waals surface area contributed by atoms with Gasteiger partial charge in [-0.25, -0.2) is 0 Å². The van der Waals surface area contributed by atoms with E-state index < -0.39 is 0 Å². The van der Waals surface area contributed by atoms with Crippen molar-refractivity contribution >= 4 is 17.0 Å². The molecular weight excluding hydrogens is 188 g/mol. The van der Waals surface area contributed by atoms with Crippen LogP contribution in [0, 0.1) is 0 Å². The van der Waals surface area contributed by atoms with Crippen LogP contribution in [0.25, 0.3) is 27.4 Å². The number of hydrogen-bond donors (Lipinski definition) is 0. The standard InChI is InChI=1S/C11H10N4/c1-15-8-9(6-7-13-14-12)10-4-2-3-5-11(10)15/h2-8H,1H3/b7-6-. The first kappa shape index (κ1) is 9.37. The quantitative estimate of drug-likeness (QED) is 0.403. The molecule has 0 saturated heterocycles. The van der Waals surface area contributed by atoms with Crippen molar-refractivity contribution in [2.24, 2.45) is 12.2 Å². The fourth-order valence-electron chi connectivity index (χ4n) is 1.65. The zero-order valence-corrected chi connectivity index (χ0v) is 8.33. The van der Waals surface area contributed by atoms with Crippen molar-refractivity contribution in [3.63, 3.8) is 0 Å². The second kappa shape index (κ2) is 3.90. The topological polar surface area (TPSA) is 53.7 Å². The van der Waals surface area contributed by atoms with Crippen molar-refractivity contribution in [2.45, 2.75) is 0 Å². The minimum atomic E-state index is 1.06. The molecule has 0 radical (unpaired) electrons. The van der Waals surface area contributed by atoms with E-state index in [2.05, 4.69) is 16.1 Å². The average Bonchev–Trinajstić information content (AvgIpc) is 2.58. The van der Waals surface area contributed by atoms with Gasteiger partial charge in [-0.1, -0.05) is 29.4 Å². The second-order valence-corrected chi connectivity index (χ2v) is 3.23. The number of hydrogen-bond acceptors (Lipinski definition) is 1. The Balaban J connectivity index is 2.57. The Morgan fingerprint density at radius 2 is 2.20 bits per heavy atom. The van der Waals surface area contributed by atoms with Crippen molar-refractivity contribution in [3.8, 4) is 0 Å². The lowest BCUT2D eigenvalue weighted by Crippen LogP contribution is -1.81. The van der Waals surface area contributed by atoms with Gasteiger partial charge in [0.1, 0.15) is 0 Å². The maximum Gasteiger partial charge on any atom is 0.0483 e. The maximum atomic E-state index is 8.16. The highest BCUT2D eigenvalue weighted by Gasteiger charge is 2.01. The normalized spacial score (nSPS) is 10.7. The number of aromatic nitrogens is 1. The molecule has 0 saturated carbocycles. The number of benzene rings is 1. The van der Waals surface area contributed by atoms with Gasteiger partial charge in [0.15, 0.2) is 0 Å². The Morgan fingerprint density at radius 1 is 1.40 bits per heavy atom. The first-order valence-corrected chi connectivity index (χ1v) is 4.58. The molecule has 0 amide bonds. The molecule has 0 N–H and O–H groups in total. The van der Waals surface area contributed by atoms with E-state index in [-0.39, 0.29) is 0 Å². The van der Waals surface area contributed by atoms with E-state index in [0.717, 1.165) is 16.5 Å². The summed E-state index contributed by atoms with van der Waals surface area (Å²) >= 11 is 0. The molecule has 2 aromatic rings. The van der Waals surface area contributed by atoms with Crippen molar-refractivity contribution in [1.29, 1.82) is 0 Å². The highest BCUT2D eigenvalue weighted by atomic mass is 15.1. The van der Waals surface area contributed by atoms with E-state index >= 15 is 0 Å². The van der Waals surface area contributed by atoms with Crippen molar-refractivity contribution in [3.05, 3.63) is 52.7 Å². The summed E-state index contributed by atoms with van der Waals surface area (Å²) in [7, 11) is 1.99. The number of aryl methyl sites for hydroxylation is 1. The molecule has 0 aliphatic carbocycles. The summed E-state index contributed by atoms with van der Waals surface area (Å²) in [6.45, 7) is 0. The van der Waals surface area contributed by atoms with E-state index in [1.165, 1.54) is 6.20 Å². The minimum Gasteiger partial charge on any atom is -0.350 e. The number of rotatable bonds is 2. The Morgan fingerprint density at radius 3 is 3.00 bits per heavy atom. The molecule has 1 aromatic heterocycles. The van der Waals surface area contributed by atoms with Gasteiger partial charge < -0.3 is 4.57 Å². The lowest BCUT2D eigenvalue weighted by Gasteiger charge is -1.92. The molecule has 1 aromatic carbocycles. The minimum absolute atomic E-state index is 1.06. The van der Waals surface area contributed by atoms with Crippen LogP contribution in [0.3, 0.4) is 0 Å². The van der Waals surface area contributed by atoms with E-state index in [4.69, 9.17) is 5.53 Å². The Hall–Kier alpha value is -2.19. The molecule has 0 bridgehead atoms. The fraction of sp³-hybridized carbons (Fsp3) is 0.0909. The summed E-state index contributed by atoms with van der Waals surface area (Å²) < 4.78 is 2.05. The van der Waals surface area contributed by atoms with Crippen LogP contribution in [0.4, 0.5) is 0 Å². The molecule has 0 atom stereocenters. The van der Waals surface area contributed by atoms with Gasteiger partial charge in [0.05, 0.1) is 0 Å². The SMILES string of the molecule is Cn1cc(/C=C\N=[N+]=[N-])c2ccccc21. The van der Waals surface area contributed by atoms with Crippen LogP contribution < -0.4 is 0 Å². The number of nitrogens with zero attached hydrogens (tertiary/aromatic N) is 4. The molecule has 74 valence electrons. The van der Waals surface area contributed by atoms with Gasteiger partial charge in [0, 0.05) is 35.3 Å². The van der Waals surface area contributed by atoms with Crippen LogP contribution in [0.1, 0.15) is 5.56 Å². The lowest BCUT2D eigenvalue weighted by molar-refractivity contribution is 0.968. The highest BCUT2D eigenvalue weighted by molar-refractivity contribution is 5.89. The molecule has 0 spiro atoms. The van der Waals surface area contributed by atoms with Crippen molar-refractivity contribution in [1.82, 2.24) is 4.57 Å². The molecule has 2 rings (SSSR count). The van der Waals surface area contributed by atoms with Gasteiger partial charge in [-0.15, -0.1) is 0 Å². The largest absolute Gasteiger partial charge is 0.350 e. The van der Waals surface area contributed by atoms with Crippen molar-refractivity contribution in [2.75, 3.05) is 0 Å². The molecule has 0 aliphatic rings. The van der Waals surface area contributed by atoms with Crippen LogP contribution in [0.5, 0.6) is 0 Å². The van der Waals surface area contributed by atoms with E-state index in [1.807, 2.05) is 42.1 Å². The van der Waals surface area contributed by atoms with Gasteiger partial charge in [-0.3, -0.25) is 0 Å². The third kappa shape index (κ3) is 1.71. The second-order valence-electron chi connectivity index (χ2n) is 3.23. The first-order chi connectivity index (χ1) is 7.33. The maximum absolute atomic E-state index is 8.16. The van der Waals surface area contributed by atoms with Crippen molar-refractivity contribution < 1.29 is 0 Å². The summed E-state index contributed by atoms with van der Waals surface area (Å²) in [6.07, 6.45) is 5.28. The van der Waals surface area contributed by atoms with Crippen LogP contribution in [0.2, 0.25) is 0 Å². The highest BCUT2D eigenvalue weighted by Crippen LogP contribution is 2.21. The summed E-state index contributed by atoms with van der Waals surface area (Å²) in [5, 5.41) is 4.53. The zero-order chi connectivity index (χ0) is 10.7. The molecule has 4 heteroatoms. The number of fused-ring (bicyclic) bond motifs is 1. The number of para-hydroxylation sites is 1. The molecule has 1 heterocycles. The third-order valence-corrected chi connectivity index (χ3v) is 2.30. The first-order valence-electron chi connectivity index (χ1n) is 4.58. The van der Waals surface area contributed by atoms with Crippen LogP contribution in [-0.2, 0) is 7.05 Å². The molecule has 0 unspecified atom stereocenters. The predicted octanol–water partition coefficient (Wildman–Crippen LogP) is 3.46. The van der Waals surface area contributed by atoms with Crippen LogP contribution in [0.15, 0.2) is 41.8 Å². The van der Waals surface area contributed by atoms with Gasteiger partial charge >= 0.3 is 0 Å². The lowest BCUT2D eigenvalue weighted by atomic mass is 10.2. The summed E-state index contributed by atoms with van der Waals surface area (Å²) in [5.41, 5.74) is 10.4. The Kier molecular flexibility index (Phi) is 2.44. The molecule has 0 aliphatic heterocycles. The zero-order valence-electron chi connectivity index (χ0n) is 8.33. The molecule has 0 fully saturated rings. The molecule has 15 heavy (non-hydrogen) atoms. The van der Waals surface area contributed by atoms with Gasteiger partial charge in [0.2, 0.25) is 0 Å². The predicted molar refractivity (Wildman–Crippen MR) is 61.1 cm³/mol. The van der Waals surface area contributed by atoms with Gasteiger partial charge in [-0.05, 0) is 17.2 Å². The monoisotopic (exact) mass is 198 g/mol. The van der Waals surface area contributed by atoms with E-state index in [0.29, 0.717) is 0 Å². The van der Waals surface area contributed by atoms with Gasteiger partial charge in [-0.2, -0.15) is 0 Å². The Bertz CT molecular complexity index is 559. The summed E-state index contributed by atoms with van der Waals surface area (Å²) in [4.78, 5) is 2.67. The third-order valence-electron chi connectivity index (χ3n) is 2.30. The number of azide groups is 1. The van der Waals surface area contributed by atoms with Gasteiger partial charge in [0.25, 0.3) is 0 Å². The smallest absolute Gasteiger partial charge is 0.0483 e. The van der Waals surface area contributed by atoms with Crippen LogP contribution in [-0.4, -0.2) is 4.57 Å². The summed E-state index contributed by atoms with van der Waals surface area (Å²) in [6, 6.07) is 8.10. The average molecular weight is 198 g/mol. The Labute approximate surface area is 87.1 Å². The molecular formula is C11H10N4. The van der Waals surface area contributed by atoms with E-state index in [9.17, 15) is 0 Å².